The minimum absolute atomic E-state index is 0.00120. The number of carbonyl (C=O) groups excluding carboxylic acids is 2. The molecule has 0 N–H and O–H groups in total. The number of hydrogen-bond acceptors (Lipinski definition) is 7. The first-order valence-corrected chi connectivity index (χ1v) is 13.5. The predicted octanol–water partition coefficient (Wildman–Crippen LogP) is 5.27. The molecule has 1 aromatic heterocycles. The van der Waals surface area contributed by atoms with E-state index in [0.717, 1.165) is 27.9 Å². The van der Waals surface area contributed by atoms with Gasteiger partial charge in [-0.2, -0.15) is 0 Å². The van der Waals surface area contributed by atoms with Crippen molar-refractivity contribution in [3.05, 3.63) is 99.1 Å². The highest BCUT2D eigenvalue weighted by atomic mass is 16.7. The van der Waals surface area contributed by atoms with Gasteiger partial charge in [0.15, 0.2) is 0 Å². The summed E-state index contributed by atoms with van der Waals surface area (Å²) in [6, 6.07) is 18.6. The normalized spacial score (nSPS) is 16.3. The number of nitrogens with zero attached hydrogens (tertiary/aromatic N) is 4. The Morgan fingerprint density at radius 3 is 2.49 bits per heavy atom. The van der Waals surface area contributed by atoms with E-state index in [0.29, 0.717) is 30.0 Å². The highest BCUT2D eigenvalue weighted by molar-refractivity contribution is 6.20. The van der Waals surface area contributed by atoms with Crippen LogP contribution in [-0.4, -0.2) is 39.5 Å². The van der Waals surface area contributed by atoms with E-state index in [4.69, 9.17) is 14.5 Å². The van der Waals surface area contributed by atoms with Crippen LogP contribution in [0.2, 0.25) is 0 Å². The van der Waals surface area contributed by atoms with Crippen molar-refractivity contribution < 1.29 is 19.1 Å². The monoisotopic (exact) mass is 550 g/mol. The van der Waals surface area contributed by atoms with Gasteiger partial charge in [0.05, 0.1) is 16.9 Å². The Hall–Kier alpha value is -4.79. The zero-order valence-corrected chi connectivity index (χ0v) is 23.6. The molecule has 2 aliphatic rings. The van der Waals surface area contributed by atoms with Crippen molar-refractivity contribution >= 4 is 34.4 Å². The molecular formula is C32H30N4O5. The predicted molar refractivity (Wildman–Crippen MR) is 156 cm³/mol. The van der Waals surface area contributed by atoms with Crippen molar-refractivity contribution in [2.75, 3.05) is 11.4 Å². The van der Waals surface area contributed by atoms with E-state index >= 15 is 0 Å². The molecule has 1 atom stereocenters. The van der Waals surface area contributed by atoms with E-state index in [-0.39, 0.29) is 17.0 Å². The molecule has 0 fully saturated rings. The SMILES string of the molecule is Cc1cc2c3c(c1)C(c1ccccc1)=NC(n1c(C)nc4cccc(OC(=O)OC(C)(C)C)c4c1=O)C(=O)N3CC2. The van der Waals surface area contributed by atoms with E-state index in [1.54, 1.807) is 44.7 Å². The summed E-state index contributed by atoms with van der Waals surface area (Å²) in [5, 5.41) is 0.0629. The first kappa shape index (κ1) is 26.4. The van der Waals surface area contributed by atoms with Gasteiger partial charge in [-0.25, -0.2) is 14.8 Å². The van der Waals surface area contributed by atoms with Gasteiger partial charge in [0.1, 0.15) is 22.6 Å². The van der Waals surface area contributed by atoms with Crippen LogP contribution >= 0.6 is 0 Å². The van der Waals surface area contributed by atoms with Crippen molar-refractivity contribution in [2.45, 2.75) is 52.8 Å². The fourth-order valence-electron chi connectivity index (χ4n) is 5.55. The van der Waals surface area contributed by atoms with Gasteiger partial charge in [-0.15, -0.1) is 0 Å². The summed E-state index contributed by atoms with van der Waals surface area (Å²) >= 11 is 0. The van der Waals surface area contributed by atoms with Gasteiger partial charge in [0, 0.05) is 17.7 Å². The Bertz CT molecular complexity index is 1820. The Balaban J connectivity index is 1.57. The van der Waals surface area contributed by atoms with Gasteiger partial charge >= 0.3 is 6.16 Å². The third kappa shape index (κ3) is 4.67. The first-order chi connectivity index (χ1) is 19.5. The van der Waals surface area contributed by atoms with Crippen LogP contribution in [0.25, 0.3) is 10.9 Å². The largest absolute Gasteiger partial charge is 0.514 e. The summed E-state index contributed by atoms with van der Waals surface area (Å²) in [5.41, 5.74) is 4.30. The van der Waals surface area contributed by atoms with E-state index < -0.39 is 23.5 Å². The lowest BCUT2D eigenvalue weighted by Gasteiger charge is -2.23. The summed E-state index contributed by atoms with van der Waals surface area (Å²) in [5.74, 6) is -0.0108. The number of ether oxygens (including phenoxy) is 2. The van der Waals surface area contributed by atoms with Crippen LogP contribution in [0.5, 0.6) is 5.75 Å². The van der Waals surface area contributed by atoms with Crippen molar-refractivity contribution in [1.29, 1.82) is 0 Å². The Kier molecular flexibility index (Phi) is 6.25. The fourth-order valence-corrected chi connectivity index (χ4v) is 5.55. The van der Waals surface area contributed by atoms with Crippen LogP contribution in [0.3, 0.4) is 0 Å². The molecule has 41 heavy (non-hydrogen) atoms. The number of aliphatic imine (C=N–C) groups is 1. The Morgan fingerprint density at radius 1 is 1.00 bits per heavy atom. The van der Waals surface area contributed by atoms with E-state index in [1.165, 1.54) is 10.6 Å². The van der Waals surface area contributed by atoms with Crippen LogP contribution in [0, 0.1) is 13.8 Å². The highest BCUT2D eigenvalue weighted by Crippen LogP contribution is 2.39. The minimum Gasteiger partial charge on any atom is -0.428 e. The van der Waals surface area contributed by atoms with Gasteiger partial charge in [0.25, 0.3) is 11.5 Å². The Morgan fingerprint density at radius 2 is 1.76 bits per heavy atom. The zero-order valence-electron chi connectivity index (χ0n) is 23.6. The third-order valence-electron chi connectivity index (χ3n) is 7.14. The number of fused-ring (bicyclic) bond motifs is 1. The average Bonchev–Trinajstić information content (AvgIpc) is 3.28. The molecule has 9 nitrogen and oxygen atoms in total. The molecule has 0 bridgehead atoms. The van der Waals surface area contributed by atoms with Gasteiger partial charge < -0.3 is 14.4 Å². The third-order valence-corrected chi connectivity index (χ3v) is 7.14. The number of carbonyl (C=O) groups is 2. The molecule has 0 radical (unpaired) electrons. The average molecular weight is 551 g/mol. The molecule has 0 saturated heterocycles. The molecule has 3 heterocycles. The number of benzene rings is 3. The molecule has 9 heteroatoms. The first-order valence-electron chi connectivity index (χ1n) is 13.5. The summed E-state index contributed by atoms with van der Waals surface area (Å²) in [4.78, 5) is 52.3. The van der Waals surface area contributed by atoms with Crippen molar-refractivity contribution in [3.63, 3.8) is 0 Å². The van der Waals surface area contributed by atoms with Crippen LogP contribution < -0.4 is 15.2 Å². The van der Waals surface area contributed by atoms with Gasteiger partial charge in [-0.1, -0.05) is 48.0 Å². The lowest BCUT2D eigenvalue weighted by atomic mass is 9.96. The van der Waals surface area contributed by atoms with E-state index in [1.807, 2.05) is 43.3 Å². The summed E-state index contributed by atoms with van der Waals surface area (Å²) < 4.78 is 12.1. The molecular weight excluding hydrogens is 520 g/mol. The van der Waals surface area contributed by atoms with E-state index in [9.17, 15) is 14.4 Å². The van der Waals surface area contributed by atoms with E-state index in [2.05, 4.69) is 11.1 Å². The summed E-state index contributed by atoms with van der Waals surface area (Å²) in [6.07, 6.45) is -1.45. The number of rotatable bonds is 3. The topological polar surface area (TPSA) is 103 Å². The standard InChI is InChI=1S/C32H30N4O5/c1-18-16-21-14-15-35-27(21)22(17-18)26(20-10-7-6-8-11-20)34-28(30(35)38)36-19(2)33-23-12-9-13-24(25(23)29(36)37)40-31(39)41-32(3,4)5/h6-13,16-17,28H,14-15H2,1-5H3. The smallest absolute Gasteiger partial charge is 0.428 e. The maximum absolute atomic E-state index is 14.2. The lowest BCUT2D eigenvalue weighted by Crippen LogP contribution is -2.40. The molecule has 4 aromatic rings. The maximum Gasteiger partial charge on any atom is 0.514 e. The second-order valence-corrected chi connectivity index (χ2v) is 11.3. The zero-order chi connectivity index (χ0) is 29.1. The lowest BCUT2D eigenvalue weighted by molar-refractivity contribution is -0.121. The molecule has 1 amide bonds. The number of anilines is 1. The number of hydrogen-bond donors (Lipinski definition) is 0. The Labute approximate surface area is 237 Å². The summed E-state index contributed by atoms with van der Waals surface area (Å²) in [7, 11) is 0. The van der Waals surface area contributed by atoms with Crippen molar-refractivity contribution in [2.24, 2.45) is 4.99 Å². The quantitative estimate of drug-likeness (QED) is 0.255. The molecule has 208 valence electrons. The molecule has 0 saturated carbocycles. The van der Waals surface area contributed by atoms with Gasteiger partial charge in [-0.3, -0.25) is 14.2 Å². The van der Waals surface area contributed by atoms with Crippen LogP contribution in [0.1, 0.15) is 55.0 Å². The number of aryl methyl sites for hydroxylation is 2. The molecule has 2 aliphatic heterocycles. The summed E-state index contributed by atoms with van der Waals surface area (Å²) in [6.45, 7) is 9.35. The fraction of sp³-hybridized carbons (Fsp3) is 0.281. The highest BCUT2D eigenvalue weighted by Gasteiger charge is 2.39. The molecule has 0 aliphatic carbocycles. The molecule has 1 unspecified atom stereocenters. The number of amides is 1. The van der Waals surface area contributed by atoms with Crippen LogP contribution in [0.4, 0.5) is 10.5 Å². The van der Waals surface area contributed by atoms with Crippen LogP contribution in [-0.2, 0) is 16.0 Å². The van der Waals surface area contributed by atoms with Crippen molar-refractivity contribution in [3.8, 4) is 5.75 Å². The molecule has 3 aromatic carbocycles. The molecule has 6 rings (SSSR count). The van der Waals surface area contributed by atoms with Crippen molar-refractivity contribution in [1.82, 2.24) is 9.55 Å². The minimum atomic E-state index is -1.22. The molecule has 0 spiro atoms. The van der Waals surface area contributed by atoms with Gasteiger partial charge in [0.2, 0.25) is 6.17 Å². The van der Waals surface area contributed by atoms with Crippen LogP contribution in [0.15, 0.2) is 70.5 Å². The number of aromatic nitrogens is 2. The van der Waals surface area contributed by atoms with Gasteiger partial charge in [-0.05, 0) is 64.8 Å². The second-order valence-electron chi connectivity index (χ2n) is 11.3. The maximum atomic E-state index is 14.2. The second kappa shape index (κ2) is 9.69.